The number of aromatic nitrogens is 1. The Kier molecular flexibility index (Phi) is 2.99. The average molecular weight is 179 g/mol. The first-order valence-corrected chi connectivity index (χ1v) is 4.63. The zero-order chi connectivity index (χ0) is 9.14. The lowest BCUT2D eigenvalue weighted by molar-refractivity contribution is 1.20. The molecule has 64 valence electrons. The van der Waals surface area contributed by atoms with Gasteiger partial charge in [0.1, 0.15) is 0 Å². The van der Waals surface area contributed by atoms with E-state index in [4.69, 9.17) is 0 Å². The second-order valence-electron chi connectivity index (χ2n) is 2.88. The van der Waals surface area contributed by atoms with Gasteiger partial charge in [-0.1, -0.05) is 22.7 Å². The molecule has 0 amide bonds. The van der Waals surface area contributed by atoms with Gasteiger partial charge in [-0.05, 0) is 36.6 Å². The zero-order valence-electron chi connectivity index (χ0n) is 7.59. The van der Waals surface area contributed by atoms with Gasteiger partial charge in [0.25, 0.3) is 0 Å². The van der Waals surface area contributed by atoms with Gasteiger partial charge in [0.2, 0.25) is 0 Å². The van der Waals surface area contributed by atoms with Crippen molar-refractivity contribution in [1.82, 2.24) is 4.98 Å². The fraction of sp³-hybridized carbons (Fsp3) is 0.300. The molecule has 0 radical (unpaired) electrons. The van der Waals surface area contributed by atoms with Gasteiger partial charge in [0, 0.05) is 5.69 Å². The third kappa shape index (κ3) is 2.15. The van der Waals surface area contributed by atoms with E-state index in [9.17, 15) is 0 Å². The second-order valence-corrected chi connectivity index (χ2v) is 3.47. The Hall–Kier alpha value is -0.680. The van der Waals surface area contributed by atoms with E-state index >= 15 is 0 Å². The fourth-order valence-corrected chi connectivity index (χ4v) is 1.49. The number of rotatable bonds is 2. The van der Waals surface area contributed by atoms with Crippen LogP contribution in [-0.4, -0.2) is 4.98 Å². The molecule has 12 heavy (non-hydrogen) atoms. The van der Waals surface area contributed by atoms with Gasteiger partial charge < -0.3 is 0 Å². The van der Waals surface area contributed by atoms with Crippen LogP contribution in [0.4, 0.5) is 0 Å². The van der Waals surface area contributed by atoms with E-state index in [1.54, 1.807) is 0 Å². The lowest BCUT2D eigenvalue weighted by Crippen LogP contribution is -2.01. The van der Waals surface area contributed by atoms with Gasteiger partial charge in [-0.15, -0.1) is 0 Å². The summed E-state index contributed by atoms with van der Waals surface area (Å²) in [6, 6.07) is 4.11. The third-order valence-electron chi connectivity index (χ3n) is 1.81. The minimum atomic E-state index is 0.986. The topological polar surface area (TPSA) is 12.9 Å². The number of aryl methyl sites for hydroxylation is 1. The molecule has 0 aliphatic carbocycles. The average Bonchev–Trinajstić information content (AvgIpc) is 2.01. The summed E-state index contributed by atoms with van der Waals surface area (Å²) in [5.74, 6) is 0. The Morgan fingerprint density at radius 1 is 1.58 bits per heavy atom. The highest BCUT2D eigenvalue weighted by molar-refractivity contribution is 7.26. The van der Waals surface area contributed by atoms with Crippen LogP contribution in [0.2, 0.25) is 0 Å². The summed E-state index contributed by atoms with van der Waals surface area (Å²) in [5.41, 5.74) is 4.41. The smallest absolute Gasteiger partial charge is 0.0578 e. The largest absolute Gasteiger partial charge is 0.254 e. The number of hydrogen-bond acceptors (Lipinski definition) is 1. The second kappa shape index (κ2) is 3.82. The molecule has 0 aliphatic rings. The molecule has 1 aromatic rings. The molecule has 1 rings (SSSR count). The molecule has 0 saturated carbocycles. The van der Waals surface area contributed by atoms with E-state index in [1.165, 1.54) is 11.1 Å². The first-order chi connectivity index (χ1) is 5.63. The first kappa shape index (κ1) is 9.41. The zero-order valence-corrected chi connectivity index (χ0v) is 8.75. The summed E-state index contributed by atoms with van der Waals surface area (Å²) in [4.78, 5) is 4.27. The van der Waals surface area contributed by atoms with Gasteiger partial charge in [0.15, 0.2) is 0 Å². The van der Waals surface area contributed by atoms with Gasteiger partial charge in [-0.2, -0.15) is 0 Å². The monoisotopic (exact) mass is 179 g/mol. The highest BCUT2D eigenvalue weighted by Crippen LogP contribution is 2.15. The van der Waals surface area contributed by atoms with Crippen molar-refractivity contribution in [2.75, 3.05) is 0 Å². The Labute approximate surface area is 76.1 Å². The van der Waals surface area contributed by atoms with E-state index < -0.39 is 0 Å². The van der Waals surface area contributed by atoms with Crippen molar-refractivity contribution in [2.45, 2.75) is 20.3 Å². The summed E-state index contributed by atoms with van der Waals surface area (Å²) < 4.78 is 0. The maximum atomic E-state index is 4.27. The van der Waals surface area contributed by atoms with Crippen LogP contribution in [0.3, 0.4) is 0 Å². The van der Waals surface area contributed by atoms with Crippen LogP contribution in [0.15, 0.2) is 18.7 Å². The molecule has 1 atom stereocenters. The van der Waals surface area contributed by atoms with E-state index in [2.05, 4.69) is 33.8 Å². The summed E-state index contributed by atoms with van der Waals surface area (Å²) in [6.45, 7) is 8.10. The highest BCUT2D eigenvalue weighted by atomic mass is 31.0. The van der Waals surface area contributed by atoms with E-state index in [0.29, 0.717) is 0 Å². The SMILES string of the molecule is C=C(CC)c1cc(C)nc(P)c1. The Morgan fingerprint density at radius 3 is 2.75 bits per heavy atom. The summed E-state index contributed by atoms with van der Waals surface area (Å²) in [7, 11) is 2.61. The lowest BCUT2D eigenvalue weighted by atomic mass is 10.1. The lowest BCUT2D eigenvalue weighted by Gasteiger charge is -2.04. The highest BCUT2D eigenvalue weighted by Gasteiger charge is 1.98. The Bertz CT molecular complexity index is 284. The van der Waals surface area contributed by atoms with Gasteiger partial charge >= 0.3 is 0 Å². The first-order valence-electron chi connectivity index (χ1n) is 4.05. The summed E-state index contributed by atoms with van der Waals surface area (Å²) >= 11 is 0. The quantitative estimate of drug-likeness (QED) is 0.635. The molecule has 0 fully saturated rings. The molecule has 1 nitrogen and oxygen atoms in total. The van der Waals surface area contributed by atoms with Gasteiger partial charge in [0.05, 0.1) is 5.44 Å². The molecule has 1 aromatic heterocycles. The van der Waals surface area contributed by atoms with E-state index in [0.717, 1.165) is 17.5 Å². The molecule has 1 unspecified atom stereocenters. The molecule has 2 heteroatoms. The standard InChI is InChI=1S/C10H14NP/c1-4-7(2)9-5-8(3)11-10(12)6-9/h5-6H,2,4,12H2,1,3H3. The molecule has 0 aliphatic heterocycles. The van der Waals surface area contributed by atoms with Crippen molar-refractivity contribution in [2.24, 2.45) is 0 Å². The normalized spacial score (nSPS) is 9.92. The minimum Gasteiger partial charge on any atom is -0.254 e. The molecule has 0 spiro atoms. The predicted molar refractivity (Wildman–Crippen MR) is 57.6 cm³/mol. The van der Waals surface area contributed by atoms with Crippen molar-refractivity contribution in [1.29, 1.82) is 0 Å². The van der Waals surface area contributed by atoms with Gasteiger partial charge in [-0.25, -0.2) is 0 Å². The van der Waals surface area contributed by atoms with E-state index in [1.807, 2.05) is 13.0 Å². The van der Waals surface area contributed by atoms with Crippen LogP contribution in [0.25, 0.3) is 5.57 Å². The fourth-order valence-electron chi connectivity index (χ4n) is 1.10. The van der Waals surface area contributed by atoms with Crippen LogP contribution in [0, 0.1) is 6.92 Å². The van der Waals surface area contributed by atoms with Crippen LogP contribution < -0.4 is 5.44 Å². The summed E-state index contributed by atoms with van der Waals surface area (Å²) in [5, 5.41) is 0. The number of hydrogen-bond donors (Lipinski definition) is 0. The number of nitrogens with zero attached hydrogens (tertiary/aromatic N) is 1. The van der Waals surface area contributed by atoms with Crippen molar-refractivity contribution >= 4 is 20.2 Å². The van der Waals surface area contributed by atoms with Crippen LogP contribution >= 0.6 is 9.24 Å². The number of allylic oxidation sites excluding steroid dienone is 1. The van der Waals surface area contributed by atoms with Crippen molar-refractivity contribution in [3.05, 3.63) is 30.0 Å². The maximum Gasteiger partial charge on any atom is 0.0578 e. The Balaban J connectivity index is 3.08. The molecule has 0 saturated heterocycles. The molecule has 0 aromatic carbocycles. The molecule has 1 heterocycles. The van der Waals surface area contributed by atoms with Gasteiger partial charge in [-0.3, -0.25) is 4.98 Å². The third-order valence-corrected chi connectivity index (χ3v) is 2.10. The van der Waals surface area contributed by atoms with Crippen LogP contribution in [0.1, 0.15) is 24.6 Å². The Morgan fingerprint density at radius 2 is 2.25 bits per heavy atom. The maximum absolute atomic E-state index is 4.27. The van der Waals surface area contributed by atoms with Crippen molar-refractivity contribution in [3.63, 3.8) is 0 Å². The minimum absolute atomic E-state index is 0.986. The predicted octanol–water partition coefficient (Wildman–Crippen LogP) is 2.31. The van der Waals surface area contributed by atoms with Crippen molar-refractivity contribution < 1.29 is 0 Å². The molecule has 0 bridgehead atoms. The number of pyridine rings is 1. The van der Waals surface area contributed by atoms with E-state index in [-0.39, 0.29) is 0 Å². The molecular formula is C10H14NP. The van der Waals surface area contributed by atoms with Crippen molar-refractivity contribution in [3.8, 4) is 0 Å². The summed E-state index contributed by atoms with van der Waals surface area (Å²) in [6.07, 6.45) is 0.994. The van der Waals surface area contributed by atoms with Crippen LogP contribution in [-0.2, 0) is 0 Å². The molecular weight excluding hydrogens is 165 g/mol. The van der Waals surface area contributed by atoms with Crippen LogP contribution in [0.5, 0.6) is 0 Å². The molecule has 0 N–H and O–H groups in total.